The molecular weight excluding hydrogens is 540 g/mol. The quantitative estimate of drug-likeness (QED) is 0.201. The van der Waals surface area contributed by atoms with Gasteiger partial charge in [0.1, 0.15) is 23.1 Å². The maximum Gasteiger partial charge on any atom is 0.341 e. The molecule has 0 spiro atoms. The van der Waals surface area contributed by atoms with Crippen molar-refractivity contribution in [2.45, 2.75) is 30.2 Å². The van der Waals surface area contributed by atoms with Gasteiger partial charge in [0.05, 0.1) is 12.0 Å². The largest absolute Gasteiger partial charge is 0.497 e. The van der Waals surface area contributed by atoms with Crippen molar-refractivity contribution >= 4 is 27.9 Å². The van der Waals surface area contributed by atoms with E-state index in [0.29, 0.717) is 18.4 Å². The minimum atomic E-state index is -4.09. The Labute approximate surface area is 231 Å². The number of carboxylic acid groups (broad SMARTS) is 2. The Kier molecular flexibility index (Phi) is 10.6. The molecule has 0 saturated heterocycles. The molecule has 1 amide bonds. The molecule has 0 aliphatic heterocycles. The molecule has 40 heavy (non-hydrogen) atoms. The van der Waals surface area contributed by atoms with Crippen molar-refractivity contribution in [3.05, 3.63) is 89.5 Å². The fourth-order valence-corrected chi connectivity index (χ4v) is 5.05. The number of benzene rings is 3. The number of methoxy groups -OCH3 is 1. The highest BCUT2D eigenvalue weighted by molar-refractivity contribution is 7.89. The van der Waals surface area contributed by atoms with Crippen LogP contribution in [0.15, 0.2) is 77.7 Å². The highest BCUT2D eigenvalue weighted by Crippen LogP contribution is 2.22. The van der Waals surface area contributed by atoms with Gasteiger partial charge >= 0.3 is 11.9 Å². The molecule has 0 fully saturated rings. The zero-order valence-electron chi connectivity index (χ0n) is 21.7. The summed E-state index contributed by atoms with van der Waals surface area (Å²) in [7, 11) is -2.51. The van der Waals surface area contributed by atoms with Crippen molar-refractivity contribution in [3.63, 3.8) is 0 Å². The number of hydrogen-bond donors (Lipinski definition) is 4. The fourth-order valence-electron chi connectivity index (χ4n) is 3.83. The molecule has 3 aromatic carbocycles. The number of aromatic carboxylic acids is 1. The summed E-state index contributed by atoms with van der Waals surface area (Å²) >= 11 is 0. The first kappa shape index (κ1) is 30.1. The van der Waals surface area contributed by atoms with Crippen molar-refractivity contribution in [2.24, 2.45) is 0 Å². The third kappa shape index (κ3) is 8.82. The van der Waals surface area contributed by atoms with Crippen LogP contribution in [-0.4, -0.2) is 62.8 Å². The molecule has 0 unspecified atom stereocenters. The monoisotopic (exact) mass is 570 g/mol. The molecule has 0 radical (unpaired) electrons. The number of sulfonamides is 1. The number of ether oxygens (including phenoxy) is 2. The summed E-state index contributed by atoms with van der Waals surface area (Å²) in [6.45, 7) is -0.463. The minimum Gasteiger partial charge on any atom is -0.497 e. The third-order valence-corrected chi connectivity index (χ3v) is 7.32. The summed E-state index contributed by atoms with van der Waals surface area (Å²) < 4.78 is 38.6. The molecule has 1 atom stereocenters. The number of carbonyl (C=O) groups excluding carboxylic acids is 1. The van der Waals surface area contributed by atoms with Gasteiger partial charge in [0.15, 0.2) is 6.61 Å². The van der Waals surface area contributed by atoms with Crippen LogP contribution in [0, 0.1) is 0 Å². The van der Waals surface area contributed by atoms with E-state index in [1.54, 1.807) is 25.3 Å². The predicted molar refractivity (Wildman–Crippen MR) is 145 cm³/mol. The number of hydrogen-bond acceptors (Lipinski definition) is 7. The van der Waals surface area contributed by atoms with Crippen LogP contribution in [0.25, 0.3) is 0 Å². The number of carbonyl (C=O) groups is 3. The molecular formula is C28H30N2O9S. The van der Waals surface area contributed by atoms with E-state index in [2.05, 4.69) is 10.0 Å². The second-order valence-electron chi connectivity index (χ2n) is 8.75. The van der Waals surface area contributed by atoms with Gasteiger partial charge in [-0.3, -0.25) is 4.79 Å². The van der Waals surface area contributed by atoms with E-state index >= 15 is 0 Å². The molecule has 0 heterocycles. The lowest BCUT2D eigenvalue weighted by molar-refractivity contribution is -0.139. The van der Waals surface area contributed by atoms with Crippen LogP contribution in [0.5, 0.6) is 11.5 Å². The van der Waals surface area contributed by atoms with Crippen LogP contribution in [0.2, 0.25) is 0 Å². The number of rotatable bonds is 15. The lowest BCUT2D eigenvalue weighted by Gasteiger charge is -2.19. The Morgan fingerprint density at radius 2 is 1.60 bits per heavy atom. The number of amides is 1. The first-order valence-electron chi connectivity index (χ1n) is 12.3. The molecule has 12 heteroatoms. The van der Waals surface area contributed by atoms with Crippen LogP contribution < -0.4 is 19.5 Å². The molecule has 3 aromatic rings. The van der Waals surface area contributed by atoms with Crippen molar-refractivity contribution in [2.75, 3.05) is 20.3 Å². The number of aliphatic carboxylic acids is 1. The first-order chi connectivity index (χ1) is 19.1. The summed E-state index contributed by atoms with van der Waals surface area (Å²) in [5.41, 5.74) is 1.06. The average Bonchev–Trinajstić information content (AvgIpc) is 2.94. The van der Waals surface area contributed by atoms with Crippen LogP contribution in [-0.2, 0) is 32.5 Å². The van der Waals surface area contributed by atoms with E-state index in [0.717, 1.165) is 11.3 Å². The molecule has 0 aliphatic carbocycles. The van der Waals surface area contributed by atoms with E-state index in [-0.39, 0.29) is 29.2 Å². The smallest absolute Gasteiger partial charge is 0.341 e. The Morgan fingerprint density at radius 3 is 2.23 bits per heavy atom. The zero-order valence-corrected chi connectivity index (χ0v) is 22.5. The van der Waals surface area contributed by atoms with Gasteiger partial charge in [-0.25, -0.2) is 18.0 Å². The van der Waals surface area contributed by atoms with Crippen molar-refractivity contribution in [3.8, 4) is 11.5 Å². The summed E-state index contributed by atoms with van der Waals surface area (Å²) in [5.74, 6) is -2.66. The van der Waals surface area contributed by atoms with E-state index in [1.807, 2.05) is 24.3 Å². The van der Waals surface area contributed by atoms with Gasteiger partial charge in [-0.15, -0.1) is 0 Å². The number of aryl methyl sites for hydroxylation is 1. The van der Waals surface area contributed by atoms with Crippen molar-refractivity contribution in [1.29, 1.82) is 0 Å². The van der Waals surface area contributed by atoms with Gasteiger partial charge in [0.25, 0.3) is 0 Å². The standard InChI is InChI=1S/C28H30N2O9S/c1-38-21-12-9-19(10-13-21)6-5-15-29-27(33)24(30-40(36,37)22-7-3-2-4-8-22)17-20-11-14-25(39-18-26(31)32)23(16-20)28(34)35/h2-4,7-14,16,24,30H,5-6,15,17-18H2,1H3,(H,29,33)(H,31,32)(H,34,35)/t24-/m0/s1. The molecule has 11 nitrogen and oxygen atoms in total. The van der Waals surface area contributed by atoms with Crippen LogP contribution in [0.4, 0.5) is 0 Å². The summed E-state index contributed by atoms with van der Waals surface area (Å²) in [6, 6.07) is 17.7. The van der Waals surface area contributed by atoms with Gasteiger partial charge in [-0.05, 0) is 66.8 Å². The second kappa shape index (κ2) is 14.1. The van der Waals surface area contributed by atoms with Gasteiger partial charge < -0.3 is 25.0 Å². The van der Waals surface area contributed by atoms with Crippen molar-refractivity contribution in [1.82, 2.24) is 10.0 Å². The van der Waals surface area contributed by atoms with E-state index in [1.165, 1.54) is 30.3 Å². The second-order valence-corrected chi connectivity index (χ2v) is 10.5. The van der Waals surface area contributed by atoms with Crippen molar-refractivity contribution < 1.29 is 42.5 Å². The van der Waals surface area contributed by atoms with Gasteiger partial charge in [-0.2, -0.15) is 4.72 Å². The third-order valence-electron chi connectivity index (χ3n) is 5.83. The maximum absolute atomic E-state index is 13.2. The Balaban J connectivity index is 1.76. The predicted octanol–water partition coefficient (Wildman–Crippen LogP) is 2.50. The van der Waals surface area contributed by atoms with Crippen LogP contribution in [0.3, 0.4) is 0 Å². The highest BCUT2D eigenvalue weighted by Gasteiger charge is 2.26. The highest BCUT2D eigenvalue weighted by atomic mass is 32.2. The van der Waals surface area contributed by atoms with E-state index in [9.17, 15) is 27.9 Å². The first-order valence-corrected chi connectivity index (χ1v) is 13.8. The topological polar surface area (TPSA) is 168 Å². The van der Waals surface area contributed by atoms with E-state index < -0.39 is 40.5 Å². The molecule has 3 rings (SSSR count). The molecule has 0 bridgehead atoms. The maximum atomic E-state index is 13.2. The molecule has 0 aromatic heterocycles. The summed E-state index contributed by atoms with van der Waals surface area (Å²) in [4.78, 5) is 35.7. The number of nitrogens with one attached hydrogen (secondary N) is 2. The van der Waals surface area contributed by atoms with Crippen LogP contribution >= 0.6 is 0 Å². The SMILES string of the molecule is COc1ccc(CCCNC(=O)[C@H](Cc2ccc(OCC(=O)O)c(C(=O)O)c2)NS(=O)(=O)c2ccccc2)cc1. The molecule has 4 N–H and O–H groups in total. The summed E-state index contributed by atoms with van der Waals surface area (Å²) in [5, 5.41) is 21.2. The Bertz CT molecular complexity index is 1430. The van der Waals surface area contributed by atoms with Crippen LogP contribution in [0.1, 0.15) is 27.9 Å². The Hall–Kier alpha value is -4.42. The summed E-state index contributed by atoms with van der Waals surface area (Å²) in [6.07, 6.45) is 1.09. The fraction of sp³-hybridized carbons (Fsp3) is 0.250. The Morgan fingerprint density at radius 1 is 0.925 bits per heavy atom. The number of carboxylic acids is 2. The van der Waals surface area contributed by atoms with Gasteiger partial charge in [-0.1, -0.05) is 36.4 Å². The van der Waals surface area contributed by atoms with E-state index in [4.69, 9.17) is 14.6 Å². The van der Waals surface area contributed by atoms with Gasteiger partial charge in [0, 0.05) is 6.54 Å². The lowest BCUT2D eigenvalue weighted by Crippen LogP contribution is -2.48. The zero-order chi connectivity index (χ0) is 29.1. The molecule has 212 valence electrons. The normalized spacial score (nSPS) is 11.8. The minimum absolute atomic E-state index is 0.0315. The molecule has 0 saturated carbocycles. The lowest BCUT2D eigenvalue weighted by atomic mass is 10.0. The average molecular weight is 571 g/mol. The van der Waals surface area contributed by atoms with Gasteiger partial charge in [0.2, 0.25) is 15.9 Å². The molecule has 0 aliphatic rings.